The second-order valence-corrected chi connectivity index (χ2v) is 8.90. The van der Waals surface area contributed by atoms with E-state index in [-0.39, 0.29) is 5.41 Å². The third kappa shape index (κ3) is 1.87. The second kappa shape index (κ2) is 4.90. The summed E-state index contributed by atoms with van der Waals surface area (Å²) in [7, 11) is 0. The molecular weight excluding hydrogens is 320 g/mol. The Bertz CT molecular complexity index is 843. The third-order valence-corrected chi connectivity index (χ3v) is 8.21. The van der Waals surface area contributed by atoms with Crippen LogP contribution in [0.1, 0.15) is 37.3 Å². The molecule has 1 aromatic carbocycles. The molecule has 2 aliphatic heterocycles. The van der Waals surface area contributed by atoms with Crippen LogP contribution in [0, 0.1) is 5.41 Å². The molecule has 1 atom stereocenters. The minimum atomic E-state index is -0.200. The Hall–Kier alpha value is -1.19. The predicted molar refractivity (Wildman–Crippen MR) is 99.2 cm³/mol. The number of hydrogen-bond acceptors (Lipinski definition) is 3. The highest BCUT2D eigenvalue weighted by molar-refractivity contribution is 8.11. The van der Waals surface area contributed by atoms with Gasteiger partial charge in [-0.2, -0.15) is 0 Å². The maximum Gasteiger partial charge on any atom is 0.146 e. The summed E-state index contributed by atoms with van der Waals surface area (Å²) in [4.78, 5) is 15.3. The molecular formula is C20H18OS2. The summed E-state index contributed by atoms with van der Waals surface area (Å²) in [6.07, 6.45) is 4.89. The van der Waals surface area contributed by atoms with Crippen LogP contribution in [0.4, 0.5) is 0 Å². The van der Waals surface area contributed by atoms with Crippen LogP contribution in [0.15, 0.2) is 52.0 Å². The normalized spacial score (nSPS) is 28.9. The van der Waals surface area contributed by atoms with Crippen LogP contribution < -0.4 is 0 Å². The van der Waals surface area contributed by atoms with Gasteiger partial charge in [0, 0.05) is 27.7 Å². The SMILES string of the molecule is CC12CCC3=C(CSC4=C3SCc3ccccc34)C1=CCC2=O. The lowest BCUT2D eigenvalue weighted by Gasteiger charge is -2.39. The van der Waals surface area contributed by atoms with Crippen molar-refractivity contribution in [2.45, 2.75) is 31.9 Å². The summed E-state index contributed by atoms with van der Waals surface area (Å²) < 4.78 is 0. The van der Waals surface area contributed by atoms with Crippen molar-refractivity contribution < 1.29 is 4.79 Å². The van der Waals surface area contributed by atoms with Gasteiger partial charge in [-0.05, 0) is 47.6 Å². The van der Waals surface area contributed by atoms with E-state index >= 15 is 0 Å². The number of benzene rings is 1. The Labute approximate surface area is 145 Å². The summed E-state index contributed by atoms with van der Waals surface area (Å²) in [5, 5.41) is 0. The molecule has 2 aliphatic carbocycles. The van der Waals surface area contributed by atoms with Crippen molar-refractivity contribution in [2.24, 2.45) is 5.41 Å². The third-order valence-electron chi connectivity index (χ3n) is 5.74. The highest BCUT2D eigenvalue weighted by atomic mass is 32.2. The van der Waals surface area contributed by atoms with Crippen molar-refractivity contribution in [3.63, 3.8) is 0 Å². The standard InChI is InChI=1S/C20H18OS2/c1-20-9-8-14-15(16(20)6-7-17(20)21)11-23-18-13-5-3-2-4-12(13)10-22-19(14)18/h2-6H,7-11H2,1H3. The summed E-state index contributed by atoms with van der Waals surface area (Å²) in [6.45, 7) is 2.16. The number of carbonyl (C=O) groups excluding carboxylic acids is 1. The Morgan fingerprint density at radius 1 is 1.04 bits per heavy atom. The van der Waals surface area contributed by atoms with Crippen molar-refractivity contribution in [3.8, 4) is 0 Å². The summed E-state index contributed by atoms with van der Waals surface area (Å²) in [5.41, 5.74) is 7.06. The molecule has 0 amide bonds. The molecule has 3 heteroatoms. The lowest BCUT2D eigenvalue weighted by Crippen LogP contribution is -2.31. The zero-order chi connectivity index (χ0) is 15.6. The molecule has 0 saturated heterocycles. The van der Waals surface area contributed by atoms with Gasteiger partial charge < -0.3 is 0 Å². The number of rotatable bonds is 0. The van der Waals surface area contributed by atoms with Crippen molar-refractivity contribution in [3.05, 3.63) is 63.1 Å². The first kappa shape index (κ1) is 14.2. The number of ketones is 1. The number of Topliss-reactive ketones (excluding diaryl/α,β-unsaturated/α-hetero) is 1. The quantitative estimate of drug-likeness (QED) is 0.635. The molecule has 0 fully saturated rings. The highest BCUT2D eigenvalue weighted by Crippen LogP contribution is 2.58. The summed E-state index contributed by atoms with van der Waals surface area (Å²) in [5.74, 6) is 2.52. The molecule has 1 unspecified atom stereocenters. The topological polar surface area (TPSA) is 17.1 Å². The van der Waals surface area contributed by atoms with Crippen LogP contribution in [0.3, 0.4) is 0 Å². The van der Waals surface area contributed by atoms with Gasteiger partial charge in [-0.1, -0.05) is 30.3 Å². The first-order chi connectivity index (χ1) is 11.2. The number of hydrogen-bond donors (Lipinski definition) is 0. The number of fused-ring (bicyclic) bond motifs is 5. The fraction of sp³-hybridized carbons (Fsp3) is 0.350. The molecule has 116 valence electrons. The van der Waals surface area contributed by atoms with E-state index in [4.69, 9.17) is 0 Å². The zero-order valence-electron chi connectivity index (χ0n) is 13.1. The lowest BCUT2D eigenvalue weighted by atomic mass is 9.69. The van der Waals surface area contributed by atoms with Gasteiger partial charge in [0.25, 0.3) is 0 Å². The van der Waals surface area contributed by atoms with Crippen LogP contribution in [0.5, 0.6) is 0 Å². The van der Waals surface area contributed by atoms with Crippen LogP contribution >= 0.6 is 23.5 Å². The molecule has 5 rings (SSSR count). The first-order valence-electron chi connectivity index (χ1n) is 8.23. The van der Waals surface area contributed by atoms with Crippen molar-refractivity contribution in [1.29, 1.82) is 0 Å². The molecule has 4 aliphatic rings. The van der Waals surface area contributed by atoms with E-state index in [1.807, 2.05) is 23.5 Å². The molecule has 0 spiro atoms. The average Bonchev–Trinajstić information content (AvgIpc) is 2.89. The van der Waals surface area contributed by atoms with Crippen LogP contribution in [0.25, 0.3) is 4.91 Å². The smallest absolute Gasteiger partial charge is 0.146 e. The van der Waals surface area contributed by atoms with Gasteiger partial charge in [-0.25, -0.2) is 0 Å². The summed E-state index contributed by atoms with van der Waals surface area (Å²) in [6, 6.07) is 8.82. The molecule has 1 nitrogen and oxygen atoms in total. The van der Waals surface area contributed by atoms with Gasteiger partial charge in [0.15, 0.2) is 0 Å². The minimum Gasteiger partial charge on any atom is -0.298 e. The number of allylic oxidation sites excluding steroid dienone is 3. The van der Waals surface area contributed by atoms with Gasteiger partial charge in [0.1, 0.15) is 5.78 Å². The van der Waals surface area contributed by atoms with E-state index in [0.29, 0.717) is 12.2 Å². The largest absolute Gasteiger partial charge is 0.298 e. The molecule has 0 aromatic heterocycles. The van der Waals surface area contributed by atoms with Crippen molar-refractivity contribution in [1.82, 2.24) is 0 Å². The fourth-order valence-electron chi connectivity index (χ4n) is 4.35. The summed E-state index contributed by atoms with van der Waals surface area (Å²) >= 11 is 3.97. The monoisotopic (exact) mass is 338 g/mol. The van der Waals surface area contributed by atoms with Gasteiger partial charge in [-0.3, -0.25) is 4.79 Å². The molecule has 0 N–H and O–H groups in total. The van der Waals surface area contributed by atoms with Gasteiger partial charge in [0.05, 0.1) is 5.41 Å². The van der Waals surface area contributed by atoms with Gasteiger partial charge >= 0.3 is 0 Å². The van der Waals surface area contributed by atoms with E-state index in [0.717, 1.165) is 24.3 Å². The molecule has 0 bridgehead atoms. The molecule has 23 heavy (non-hydrogen) atoms. The zero-order valence-corrected chi connectivity index (χ0v) is 14.8. The highest BCUT2D eigenvalue weighted by Gasteiger charge is 2.46. The molecule has 1 aromatic rings. The maximum atomic E-state index is 12.4. The Morgan fingerprint density at radius 2 is 1.87 bits per heavy atom. The van der Waals surface area contributed by atoms with E-state index < -0.39 is 0 Å². The van der Waals surface area contributed by atoms with Crippen LogP contribution in [-0.4, -0.2) is 11.5 Å². The molecule has 0 saturated carbocycles. The first-order valence-corrected chi connectivity index (χ1v) is 10.2. The van der Waals surface area contributed by atoms with E-state index in [1.165, 1.54) is 37.7 Å². The van der Waals surface area contributed by atoms with Crippen LogP contribution in [-0.2, 0) is 10.5 Å². The lowest BCUT2D eigenvalue weighted by molar-refractivity contribution is -0.124. The van der Waals surface area contributed by atoms with E-state index in [2.05, 4.69) is 37.3 Å². The second-order valence-electron chi connectivity index (χ2n) is 6.93. The fourth-order valence-corrected chi connectivity index (χ4v) is 7.12. The van der Waals surface area contributed by atoms with E-state index in [9.17, 15) is 4.79 Å². The Kier molecular flexibility index (Phi) is 3.02. The number of carbonyl (C=O) groups is 1. The van der Waals surface area contributed by atoms with E-state index in [1.54, 1.807) is 0 Å². The molecule has 2 heterocycles. The van der Waals surface area contributed by atoms with Crippen molar-refractivity contribution >= 4 is 34.2 Å². The Morgan fingerprint density at radius 3 is 2.78 bits per heavy atom. The van der Waals surface area contributed by atoms with Gasteiger partial charge in [-0.15, -0.1) is 23.5 Å². The van der Waals surface area contributed by atoms with Gasteiger partial charge in [0.2, 0.25) is 0 Å². The van der Waals surface area contributed by atoms with Crippen molar-refractivity contribution in [2.75, 3.05) is 5.75 Å². The predicted octanol–water partition coefficient (Wildman–Crippen LogP) is 5.34. The molecule has 0 radical (unpaired) electrons. The minimum absolute atomic E-state index is 0.200. The average molecular weight is 338 g/mol. The maximum absolute atomic E-state index is 12.4. The van der Waals surface area contributed by atoms with Crippen LogP contribution in [0.2, 0.25) is 0 Å². The number of thioether (sulfide) groups is 2. The Balaban J connectivity index is 1.67.